The predicted molar refractivity (Wildman–Crippen MR) is 75.2 cm³/mol. The van der Waals surface area contributed by atoms with E-state index >= 15 is 0 Å². The average Bonchev–Trinajstić information content (AvgIpc) is 2.83. The molecule has 0 spiro atoms. The number of fused-ring (bicyclic) bond motifs is 1. The van der Waals surface area contributed by atoms with Crippen LogP contribution in [-0.4, -0.2) is 52.2 Å². The molecule has 3 rings (SSSR count). The Morgan fingerprint density at radius 1 is 1.37 bits per heavy atom. The Bertz CT molecular complexity index is 535. The first kappa shape index (κ1) is 12.6. The van der Waals surface area contributed by atoms with Crippen LogP contribution in [0.1, 0.15) is 18.7 Å². The molecule has 1 aliphatic heterocycles. The Hall–Kier alpha value is -1.46. The van der Waals surface area contributed by atoms with E-state index < -0.39 is 0 Å². The van der Waals surface area contributed by atoms with Crippen LogP contribution >= 0.6 is 0 Å². The molecule has 1 unspecified atom stereocenters. The Morgan fingerprint density at radius 2 is 2.32 bits per heavy atom. The number of likely N-dealkylation sites (tertiary alicyclic amines) is 1. The summed E-state index contributed by atoms with van der Waals surface area (Å²) in [6, 6.07) is 6.62. The monoisotopic (exact) mass is 259 g/mol. The van der Waals surface area contributed by atoms with Crippen molar-refractivity contribution in [2.45, 2.75) is 25.3 Å². The third-order valence-corrected chi connectivity index (χ3v) is 3.79. The highest BCUT2D eigenvalue weighted by atomic mass is 15.2. The maximum atomic E-state index is 4.26. The van der Waals surface area contributed by atoms with Gasteiger partial charge in [-0.25, -0.2) is 0 Å². The SMILES string of the molecule is CN1CCCC(NCCc2nnc3ccccn23)C1. The zero-order chi connectivity index (χ0) is 13.1. The summed E-state index contributed by atoms with van der Waals surface area (Å²) in [7, 11) is 2.19. The molecule has 1 N–H and O–H groups in total. The van der Waals surface area contributed by atoms with E-state index in [-0.39, 0.29) is 0 Å². The van der Waals surface area contributed by atoms with Gasteiger partial charge in [-0.3, -0.25) is 4.40 Å². The van der Waals surface area contributed by atoms with Crippen molar-refractivity contribution in [1.82, 2.24) is 24.8 Å². The van der Waals surface area contributed by atoms with Crippen molar-refractivity contribution >= 4 is 5.65 Å². The Balaban J connectivity index is 1.55. The molecule has 1 saturated heterocycles. The summed E-state index contributed by atoms with van der Waals surface area (Å²) in [6.07, 6.45) is 5.53. The van der Waals surface area contributed by atoms with Crippen LogP contribution in [0, 0.1) is 0 Å². The molecule has 5 nitrogen and oxygen atoms in total. The molecule has 102 valence electrons. The number of rotatable bonds is 4. The van der Waals surface area contributed by atoms with E-state index in [4.69, 9.17) is 0 Å². The Labute approximate surface area is 113 Å². The predicted octanol–water partition coefficient (Wildman–Crippen LogP) is 0.956. The number of hydrogen-bond donors (Lipinski definition) is 1. The van der Waals surface area contributed by atoms with E-state index in [1.54, 1.807) is 0 Å². The summed E-state index contributed by atoms with van der Waals surface area (Å²) >= 11 is 0. The first-order valence-electron chi connectivity index (χ1n) is 7.03. The third kappa shape index (κ3) is 2.93. The van der Waals surface area contributed by atoms with E-state index in [0.29, 0.717) is 6.04 Å². The second-order valence-electron chi connectivity index (χ2n) is 5.35. The minimum Gasteiger partial charge on any atom is -0.312 e. The second kappa shape index (κ2) is 5.67. The lowest BCUT2D eigenvalue weighted by atomic mass is 10.1. The number of aromatic nitrogens is 3. The van der Waals surface area contributed by atoms with Gasteiger partial charge in [0.15, 0.2) is 5.65 Å². The van der Waals surface area contributed by atoms with E-state index in [2.05, 4.69) is 31.9 Å². The molecule has 19 heavy (non-hydrogen) atoms. The molecule has 1 atom stereocenters. The zero-order valence-corrected chi connectivity index (χ0v) is 11.4. The summed E-state index contributed by atoms with van der Waals surface area (Å²) in [5, 5.41) is 12.1. The highest BCUT2D eigenvalue weighted by molar-refractivity contribution is 5.36. The summed E-state index contributed by atoms with van der Waals surface area (Å²) in [6.45, 7) is 3.35. The number of nitrogens with one attached hydrogen (secondary N) is 1. The molecule has 0 aromatic carbocycles. The van der Waals surface area contributed by atoms with Crippen molar-refractivity contribution in [2.75, 3.05) is 26.7 Å². The topological polar surface area (TPSA) is 45.5 Å². The Kier molecular flexibility index (Phi) is 3.75. The third-order valence-electron chi connectivity index (χ3n) is 3.79. The van der Waals surface area contributed by atoms with Crippen molar-refractivity contribution in [2.24, 2.45) is 0 Å². The van der Waals surface area contributed by atoms with Crippen LogP contribution in [0.25, 0.3) is 5.65 Å². The molecular weight excluding hydrogens is 238 g/mol. The Morgan fingerprint density at radius 3 is 3.21 bits per heavy atom. The number of piperidine rings is 1. The van der Waals surface area contributed by atoms with Gasteiger partial charge in [-0.05, 0) is 38.6 Å². The lowest BCUT2D eigenvalue weighted by molar-refractivity contribution is 0.228. The van der Waals surface area contributed by atoms with Gasteiger partial charge < -0.3 is 10.2 Å². The van der Waals surface area contributed by atoms with Gasteiger partial charge in [-0.15, -0.1) is 10.2 Å². The van der Waals surface area contributed by atoms with Gasteiger partial charge in [0.1, 0.15) is 5.82 Å². The maximum absolute atomic E-state index is 4.26. The normalized spacial score (nSPS) is 21.0. The van der Waals surface area contributed by atoms with Gasteiger partial charge in [0.2, 0.25) is 0 Å². The van der Waals surface area contributed by atoms with Crippen molar-refractivity contribution in [3.63, 3.8) is 0 Å². The van der Waals surface area contributed by atoms with Gasteiger partial charge in [-0.1, -0.05) is 6.07 Å². The summed E-state index contributed by atoms with van der Waals surface area (Å²) in [5.41, 5.74) is 0.926. The van der Waals surface area contributed by atoms with Crippen molar-refractivity contribution < 1.29 is 0 Å². The molecule has 2 aromatic rings. The smallest absolute Gasteiger partial charge is 0.160 e. The first-order chi connectivity index (χ1) is 9.33. The fourth-order valence-electron chi connectivity index (χ4n) is 2.78. The molecule has 1 fully saturated rings. The highest BCUT2D eigenvalue weighted by Crippen LogP contribution is 2.08. The summed E-state index contributed by atoms with van der Waals surface area (Å²) < 4.78 is 2.06. The fourth-order valence-corrected chi connectivity index (χ4v) is 2.78. The number of nitrogens with zero attached hydrogens (tertiary/aromatic N) is 4. The van der Waals surface area contributed by atoms with E-state index in [1.165, 1.54) is 19.4 Å². The van der Waals surface area contributed by atoms with Crippen LogP contribution in [0.5, 0.6) is 0 Å². The van der Waals surface area contributed by atoms with Gasteiger partial charge in [0.05, 0.1) is 0 Å². The standard InChI is InChI=1S/C14H21N5/c1-18-9-4-5-12(11-18)15-8-7-14-17-16-13-6-2-3-10-19(13)14/h2-3,6,10,12,15H,4-5,7-9,11H2,1H3. The van der Waals surface area contributed by atoms with Crippen LogP contribution in [0.2, 0.25) is 0 Å². The van der Waals surface area contributed by atoms with Crippen LogP contribution in [0.4, 0.5) is 0 Å². The van der Waals surface area contributed by atoms with Crippen LogP contribution in [-0.2, 0) is 6.42 Å². The fraction of sp³-hybridized carbons (Fsp3) is 0.571. The van der Waals surface area contributed by atoms with Crippen LogP contribution < -0.4 is 5.32 Å². The molecule has 1 aliphatic rings. The highest BCUT2D eigenvalue weighted by Gasteiger charge is 2.16. The molecule has 2 aromatic heterocycles. The second-order valence-corrected chi connectivity index (χ2v) is 5.35. The molecule has 0 amide bonds. The van der Waals surface area contributed by atoms with Gasteiger partial charge in [-0.2, -0.15) is 0 Å². The van der Waals surface area contributed by atoms with Crippen LogP contribution in [0.15, 0.2) is 24.4 Å². The minimum atomic E-state index is 0.623. The number of likely N-dealkylation sites (N-methyl/N-ethyl adjacent to an activating group) is 1. The molecule has 0 aliphatic carbocycles. The molecule has 5 heteroatoms. The number of hydrogen-bond acceptors (Lipinski definition) is 4. The number of pyridine rings is 1. The van der Waals surface area contributed by atoms with Crippen molar-refractivity contribution in [3.05, 3.63) is 30.2 Å². The van der Waals surface area contributed by atoms with Gasteiger partial charge in [0.25, 0.3) is 0 Å². The lowest BCUT2D eigenvalue weighted by Gasteiger charge is -2.30. The quantitative estimate of drug-likeness (QED) is 0.888. The largest absolute Gasteiger partial charge is 0.312 e. The van der Waals surface area contributed by atoms with E-state index in [1.807, 2.05) is 24.4 Å². The van der Waals surface area contributed by atoms with Crippen molar-refractivity contribution in [1.29, 1.82) is 0 Å². The first-order valence-corrected chi connectivity index (χ1v) is 7.03. The van der Waals surface area contributed by atoms with Crippen molar-refractivity contribution in [3.8, 4) is 0 Å². The lowest BCUT2D eigenvalue weighted by Crippen LogP contribution is -2.44. The average molecular weight is 259 g/mol. The molecule has 0 radical (unpaired) electrons. The maximum Gasteiger partial charge on any atom is 0.160 e. The summed E-state index contributed by atoms with van der Waals surface area (Å²) in [4.78, 5) is 2.40. The molecule has 0 saturated carbocycles. The molecule has 0 bridgehead atoms. The van der Waals surface area contributed by atoms with Gasteiger partial charge in [0, 0.05) is 31.7 Å². The summed E-state index contributed by atoms with van der Waals surface area (Å²) in [5.74, 6) is 1.03. The zero-order valence-electron chi connectivity index (χ0n) is 11.4. The molecule has 3 heterocycles. The molecular formula is C14H21N5. The van der Waals surface area contributed by atoms with E-state index in [9.17, 15) is 0 Å². The van der Waals surface area contributed by atoms with E-state index in [0.717, 1.165) is 31.0 Å². The minimum absolute atomic E-state index is 0.623. The van der Waals surface area contributed by atoms with Crippen LogP contribution in [0.3, 0.4) is 0 Å². The van der Waals surface area contributed by atoms with Gasteiger partial charge >= 0.3 is 0 Å².